The van der Waals surface area contributed by atoms with Crippen molar-refractivity contribution in [2.75, 3.05) is 46.1 Å². The molecule has 0 radical (unpaired) electrons. The lowest BCUT2D eigenvalue weighted by Gasteiger charge is -2.31. The van der Waals surface area contributed by atoms with Crippen LogP contribution in [0.15, 0.2) is 28.4 Å². The van der Waals surface area contributed by atoms with Gasteiger partial charge in [0.05, 0.1) is 24.3 Å². The van der Waals surface area contributed by atoms with Crippen molar-refractivity contribution in [3.63, 3.8) is 0 Å². The molecule has 164 valence electrons. The summed E-state index contributed by atoms with van der Waals surface area (Å²) in [6, 6.07) is 5.67. The normalized spacial score (nSPS) is 20.5. The molecule has 0 spiro atoms. The van der Waals surface area contributed by atoms with Crippen molar-refractivity contribution in [2.45, 2.75) is 26.8 Å². The van der Waals surface area contributed by atoms with E-state index >= 15 is 0 Å². The predicted molar refractivity (Wildman–Crippen MR) is 115 cm³/mol. The molecule has 31 heavy (non-hydrogen) atoms. The van der Waals surface area contributed by atoms with Gasteiger partial charge in [0, 0.05) is 32.3 Å². The predicted octanol–water partition coefficient (Wildman–Crippen LogP) is 3.39. The Bertz CT molecular complexity index is 1020. The second kappa shape index (κ2) is 8.49. The Hall–Kier alpha value is -2.61. The third kappa shape index (κ3) is 4.13. The van der Waals surface area contributed by atoms with Crippen LogP contribution in [-0.2, 0) is 11.3 Å². The zero-order valence-electron chi connectivity index (χ0n) is 18.1. The molecule has 0 amide bonds. The molecule has 7 heteroatoms. The van der Waals surface area contributed by atoms with Gasteiger partial charge in [-0.25, -0.2) is 0 Å². The molecule has 4 heterocycles. The lowest BCUT2D eigenvalue weighted by Crippen LogP contribution is -2.39. The van der Waals surface area contributed by atoms with Crippen LogP contribution in [0.2, 0.25) is 0 Å². The van der Waals surface area contributed by atoms with Crippen LogP contribution in [-0.4, -0.2) is 61.7 Å². The van der Waals surface area contributed by atoms with Gasteiger partial charge in [0.1, 0.15) is 29.8 Å². The molecule has 1 fully saturated rings. The fourth-order valence-corrected chi connectivity index (χ4v) is 4.42. The van der Waals surface area contributed by atoms with E-state index in [1.54, 1.807) is 6.08 Å². The Morgan fingerprint density at radius 1 is 1.10 bits per heavy atom. The highest BCUT2D eigenvalue weighted by atomic mass is 16.5. The maximum Gasteiger partial charge on any atom is 0.232 e. The number of hydrogen-bond acceptors (Lipinski definition) is 7. The van der Waals surface area contributed by atoms with Gasteiger partial charge >= 0.3 is 0 Å². The van der Waals surface area contributed by atoms with Crippen molar-refractivity contribution >= 4 is 11.9 Å². The molecule has 7 nitrogen and oxygen atoms in total. The number of nitrogens with zero attached hydrogens (tertiary/aromatic N) is 2. The van der Waals surface area contributed by atoms with Gasteiger partial charge in [-0.05, 0) is 50.6 Å². The summed E-state index contributed by atoms with van der Waals surface area (Å²) in [6.07, 6.45) is 2.74. The summed E-state index contributed by atoms with van der Waals surface area (Å²) in [7, 11) is 0. The average molecular weight is 424 g/mol. The van der Waals surface area contributed by atoms with Gasteiger partial charge in [-0.15, -0.1) is 0 Å². The van der Waals surface area contributed by atoms with E-state index in [1.165, 1.54) is 0 Å². The maximum absolute atomic E-state index is 13.0. The Kier molecular flexibility index (Phi) is 5.56. The monoisotopic (exact) mass is 424 g/mol. The number of hydrogen-bond donors (Lipinski definition) is 0. The first kappa shape index (κ1) is 20.3. The molecular weight excluding hydrogens is 396 g/mol. The van der Waals surface area contributed by atoms with Gasteiger partial charge in [0.25, 0.3) is 0 Å². The van der Waals surface area contributed by atoms with Gasteiger partial charge in [0.2, 0.25) is 5.78 Å². The molecule has 0 unspecified atom stereocenters. The van der Waals surface area contributed by atoms with Crippen LogP contribution >= 0.6 is 0 Å². The molecule has 0 N–H and O–H groups in total. The van der Waals surface area contributed by atoms with Crippen LogP contribution < -0.4 is 9.47 Å². The second-order valence-electron chi connectivity index (χ2n) is 8.40. The van der Waals surface area contributed by atoms with Gasteiger partial charge in [0.15, 0.2) is 5.76 Å². The zero-order valence-corrected chi connectivity index (χ0v) is 18.1. The summed E-state index contributed by atoms with van der Waals surface area (Å²) < 4.78 is 23.1. The number of carbonyl (C=O) groups is 1. The lowest BCUT2D eigenvalue weighted by molar-refractivity contribution is 0.0329. The number of rotatable bonds is 5. The Morgan fingerprint density at radius 3 is 2.68 bits per heavy atom. The summed E-state index contributed by atoms with van der Waals surface area (Å²) in [6.45, 7) is 10.7. The molecule has 1 saturated heterocycles. The molecule has 0 bridgehead atoms. The number of morpholine rings is 1. The first-order valence-electron chi connectivity index (χ1n) is 10.9. The second-order valence-corrected chi connectivity index (χ2v) is 8.40. The highest BCUT2D eigenvalue weighted by molar-refractivity contribution is 6.15. The minimum atomic E-state index is -0.103. The van der Waals surface area contributed by atoms with Crippen molar-refractivity contribution in [1.82, 2.24) is 9.80 Å². The highest BCUT2D eigenvalue weighted by Crippen LogP contribution is 2.44. The quantitative estimate of drug-likeness (QED) is 0.682. The average Bonchev–Trinajstić information content (AvgIpc) is 3.33. The molecule has 1 aromatic carbocycles. The van der Waals surface area contributed by atoms with E-state index in [-0.39, 0.29) is 5.78 Å². The smallest absolute Gasteiger partial charge is 0.232 e. The van der Waals surface area contributed by atoms with Crippen LogP contribution in [0.25, 0.3) is 6.08 Å². The Labute approximate surface area is 182 Å². The topological polar surface area (TPSA) is 64.4 Å². The minimum Gasteiger partial charge on any atom is -0.478 e. The number of allylic oxidation sites excluding steroid dienone is 1. The van der Waals surface area contributed by atoms with Gasteiger partial charge < -0.3 is 18.6 Å². The number of fused-ring (bicyclic) bond motifs is 3. The van der Waals surface area contributed by atoms with Crippen LogP contribution in [0.3, 0.4) is 0 Å². The molecule has 0 atom stereocenters. The SMILES string of the molecule is Cc1ccc(/C=C2\Oc3c4c(cc(C)c3C2=O)OCN(CCCN2CCOCC2)C4)o1. The third-order valence-corrected chi connectivity index (χ3v) is 6.07. The third-order valence-electron chi connectivity index (χ3n) is 6.07. The number of Topliss-reactive ketones (excluding diaryl/α,β-unsaturated/α-hetero) is 1. The zero-order chi connectivity index (χ0) is 21.4. The molecule has 1 aromatic heterocycles. The van der Waals surface area contributed by atoms with Crippen LogP contribution in [0, 0.1) is 13.8 Å². The van der Waals surface area contributed by atoms with Crippen molar-refractivity contribution in [3.8, 4) is 11.5 Å². The Morgan fingerprint density at radius 2 is 1.90 bits per heavy atom. The summed E-state index contributed by atoms with van der Waals surface area (Å²) in [5.41, 5.74) is 2.45. The fraction of sp³-hybridized carbons (Fsp3) is 0.458. The largest absolute Gasteiger partial charge is 0.478 e. The number of carbonyl (C=O) groups excluding carboxylic acids is 1. The number of ether oxygens (including phenoxy) is 3. The van der Waals surface area contributed by atoms with E-state index in [0.29, 0.717) is 36.1 Å². The van der Waals surface area contributed by atoms with Gasteiger partial charge in [-0.3, -0.25) is 14.6 Å². The van der Waals surface area contributed by atoms with Crippen molar-refractivity contribution < 1.29 is 23.4 Å². The van der Waals surface area contributed by atoms with E-state index < -0.39 is 0 Å². The molecule has 0 saturated carbocycles. The molecule has 3 aliphatic rings. The van der Waals surface area contributed by atoms with E-state index in [4.69, 9.17) is 18.6 Å². The van der Waals surface area contributed by atoms with E-state index in [1.807, 2.05) is 32.0 Å². The first-order chi connectivity index (χ1) is 15.1. The Balaban J connectivity index is 1.31. The van der Waals surface area contributed by atoms with E-state index in [0.717, 1.165) is 68.5 Å². The summed E-state index contributed by atoms with van der Waals surface area (Å²) >= 11 is 0. The number of ketones is 1. The van der Waals surface area contributed by atoms with E-state index in [2.05, 4.69) is 9.80 Å². The summed E-state index contributed by atoms with van der Waals surface area (Å²) in [5, 5.41) is 0. The van der Waals surface area contributed by atoms with Crippen molar-refractivity contribution in [2.24, 2.45) is 0 Å². The fourth-order valence-electron chi connectivity index (χ4n) is 4.42. The molecular formula is C24H28N2O5. The minimum absolute atomic E-state index is 0.103. The highest BCUT2D eigenvalue weighted by Gasteiger charge is 2.35. The first-order valence-corrected chi connectivity index (χ1v) is 10.9. The van der Waals surface area contributed by atoms with Gasteiger partial charge in [-0.1, -0.05) is 0 Å². The van der Waals surface area contributed by atoms with Crippen LogP contribution in [0.1, 0.15) is 39.4 Å². The van der Waals surface area contributed by atoms with E-state index in [9.17, 15) is 4.79 Å². The standard InChI is InChI=1S/C24H28N2O5/c1-16-12-20-19(14-26(15-29-20)7-3-6-25-8-10-28-11-9-25)24-22(16)23(27)21(31-24)13-18-5-4-17(2)30-18/h4-5,12-13H,3,6-11,14-15H2,1-2H3/b21-13-. The van der Waals surface area contributed by atoms with Crippen LogP contribution in [0.5, 0.6) is 11.5 Å². The van der Waals surface area contributed by atoms with Crippen molar-refractivity contribution in [3.05, 3.63) is 52.2 Å². The number of furan rings is 1. The molecule has 0 aliphatic carbocycles. The van der Waals surface area contributed by atoms with Gasteiger partial charge in [-0.2, -0.15) is 0 Å². The summed E-state index contributed by atoms with van der Waals surface area (Å²) in [4.78, 5) is 17.7. The maximum atomic E-state index is 13.0. The number of benzene rings is 1. The van der Waals surface area contributed by atoms with Crippen LogP contribution in [0.4, 0.5) is 0 Å². The molecule has 2 aromatic rings. The molecule has 5 rings (SSSR count). The summed E-state index contributed by atoms with van der Waals surface area (Å²) in [5.74, 6) is 3.04. The number of aryl methyl sites for hydroxylation is 2. The lowest BCUT2D eigenvalue weighted by atomic mass is 9.99. The molecule has 3 aliphatic heterocycles. The van der Waals surface area contributed by atoms with Crippen molar-refractivity contribution in [1.29, 1.82) is 0 Å².